The number of aliphatic hydroxyl groups is 1. The summed E-state index contributed by atoms with van der Waals surface area (Å²) in [6.45, 7) is 5.57. The number of esters is 4. The van der Waals surface area contributed by atoms with Gasteiger partial charge in [-0.3, -0.25) is 19.2 Å². The monoisotopic (exact) mass is 636 g/mol. The molecular weight excluding hydrogens is 596 g/mol. The van der Waals surface area contributed by atoms with Crippen LogP contribution in [-0.2, 0) is 53.2 Å². The Labute approximate surface area is 268 Å². The molecule has 0 aliphatic rings. The van der Waals surface area contributed by atoms with Crippen molar-refractivity contribution < 1.29 is 52.7 Å². The maximum absolute atomic E-state index is 12.5. The second-order valence-electron chi connectivity index (χ2n) is 10.3. The lowest BCUT2D eigenvalue weighted by Crippen LogP contribution is -2.56. The van der Waals surface area contributed by atoms with E-state index in [1.807, 2.05) is 91.0 Å². The van der Waals surface area contributed by atoms with Crippen LogP contribution in [0.1, 0.15) is 51.3 Å². The smallest absolute Gasteiger partial charge is 0.303 e. The fraction of sp³-hybridized carbons (Fsp3) is 0.371. The van der Waals surface area contributed by atoms with Crippen LogP contribution in [0.25, 0.3) is 0 Å². The molecule has 0 amide bonds. The Hall–Kier alpha value is -4.58. The third-order valence-electron chi connectivity index (χ3n) is 6.86. The molecule has 0 aliphatic carbocycles. The summed E-state index contributed by atoms with van der Waals surface area (Å²) in [6, 6.07) is 28.1. The highest BCUT2D eigenvalue weighted by molar-refractivity contribution is 5.69. The van der Waals surface area contributed by atoms with E-state index in [-0.39, 0.29) is 6.61 Å². The zero-order valence-electron chi connectivity index (χ0n) is 26.5. The van der Waals surface area contributed by atoms with Crippen LogP contribution >= 0.6 is 0 Å². The van der Waals surface area contributed by atoms with E-state index < -0.39 is 66.8 Å². The molecule has 0 spiro atoms. The predicted octanol–water partition coefficient (Wildman–Crippen LogP) is 4.08. The summed E-state index contributed by atoms with van der Waals surface area (Å²) < 4.78 is 34.2. The average Bonchev–Trinajstić information content (AvgIpc) is 3.02. The maximum atomic E-state index is 12.5. The van der Waals surface area contributed by atoms with E-state index in [2.05, 4.69) is 0 Å². The molecule has 0 fully saturated rings. The molecule has 1 N–H and O–H groups in total. The number of hydrogen-bond donors (Lipinski definition) is 1. The van der Waals surface area contributed by atoms with Gasteiger partial charge in [-0.05, 0) is 23.6 Å². The normalized spacial score (nSPS) is 14.6. The zero-order chi connectivity index (χ0) is 33.7. The van der Waals surface area contributed by atoms with E-state index in [4.69, 9.17) is 28.4 Å². The van der Waals surface area contributed by atoms with Crippen LogP contribution in [0.15, 0.2) is 91.0 Å². The lowest BCUT2D eigenvalue weighted by Gasteiger charge is -2.40. The summed E-state index contributed by atoms with van der Waals surface area (Å²) in [4.78, 5) is 49.5. The van der Waals surface area contributed by atoms with Crippen molar-refractivity contribution in [3.05, 3.63) is 108 Å². The molecule has 0 aliphatic heterocycles. The molecule has 0 aromatic heterocycles. The SMILES string of the molecule is CCO[C@H](O)[C@@H](OC(C)=O)[C@H](OC(C)=O)[C@H](OC(C)=O)[C@@H](COC(c1ccccc1)(c1ccccc1)c1ccccc1)OC(C)=O. The van der Waals surface area contributed by atoms with E-state index in [0.717, 1.165) is 44.4 Å². The minimum atomic E-state index is -1.81. The topological polar surface area (TPSA) is 144 Å². The van der Waals surface area contributed by atoms with Crippen molar-refractivity contribution in [3.8, 4) is 0 Å². The summed E-state index contributed by atoms with van der Waals surface area (Å²) in [5, 5.41) is 10.8. The van der Waals surface area contributed by atoms with Crippen LogP contribution in [-0.4, -0.2) is 72.9 Å². The molecule has 0 bridgehead atoms. The van der Waals surface area contributed by atoms with Gasteiger partial charge in [0, 0.05) is 34.3 Å². The van der Waals surface area contributed by atoms with Crippen LogP contribution in [0.2, 0.25) is 0 Å². The highest BCUT2D eigenvalue weighted by Gasteiger charge is 2.48. The molecule has 0 radical (unpaired) electrons. The fourth-order valence-corrected chi connectivity index (χ4v) is 5.19. The van der Waals surface area contributed by atoms with Gasteiger partial charge in [-0.15, -0.1) is 0 Å². The summed E-state index contributed by atoms with van der Waals surface area (Å²) in [6.07, 6.45) is -8.28. The lowest BCUT2D eigenvalue weighted by molar-refractivity contribution is -0.239. The van der Waals surface area contributed by atoms with Gasteiger partial charge in [-0.25, -0.2) is 0 Å². The van der Waals surface area contributed by atoms with E-state index in [0.29, 0.717) is 0 Å². The van der Waals surface area contributed by atoms with Crippen molar-refractivity contribution in [3.63, 3.8) is 0 Å². The van der Waals surface area contributed by atoms with Crippen molar-refractivity contribution in [1.29, 1.82) is 0 Å². The number of aliphatic hydroxyl groups excluding tert-OH is 1. The largest absolute Gasteiger partial charge is 0.456 e. The van der Waals surface area contributed by atoms with Crippen molar-refractivity contribution in [1.82, 2.24) is 0 Å². The van der Waals surface area contributed by atoms with Crippen LogP contribution in [0.5, 0.6) is 0 Å². The Morgan fingerprint density at radius 2 is 0.957 bits per heavy atom. The average molecular weight is 637 g/mol. The second kappa shape index (κ2) is 17.2. The summed E-state index contributed by atoms with van der Waals surface area (Å²) >= 11 is 0. The van der Waals surface area contributed by atoms with Crippen molar-refractivity contribution in [2.24, 2.45) is 0 Å². The van der Waals surface area contributed by atoms with Gasteiger partial charge in [-0.2, -0.15) is 0 Å². The summed E-state index contributed by atoms with van der Waals surface area (Å²) in [7, 11) is 0. The number of carbonyl (C=O) groups excluding carboxylic acids is 4. The molecule has 11 nitrogen and oxygen atoms in total. The molecule has 0 saturated carbocycles. The molecule has 246 valence electrons. The van der Waals surface area contributed by atoms with Gasteiger partial charge in [0.1, 0.15) is 5.60 Å². The molecular formula is C35H40O11. The molecule has 11 heteroatoms. The van der Waals surface area contributed by atoms with Crippen molar-refractivity contribution >= 4 is 23.9 Å². The Bertz CT molecular complexity index is 1320. The highest BCUT2D eigenvalue weighted by Crippen LogP contribution is 2.41. The fourth-order valence-electron chi connectivity index (χ4n) is 5.19. The van der Waals surface area contributed by atoms with Gasteiger partial charge in [-0.1, -0.05) is 91.0 Å². The number of ether oxygens (including phenoxy) is 6. The number of rotatable bonds is 16. The van der Waals surface area contributed by atoms with Crippen LogP contribution in [0.3, 0.4) is 0 Å². The number of benzene rings is 3. The predicted molar refractivity (Wildman–Crippen MR) is 165 cm³/mol. The molecule has 0 unspecified atom stereocenters. The first-order chi connectivity index (χ1) is 22.0. The highest BCUT2D eigenvalue weighted by atomic mass is 16.7. The first-order valence-corrected chi connectivity index (χ1v) is 14.8. The Balaban J connectivity index is 2.22. The van der Waals surface area contributed by atoms with Gasteiger partial charge >= 0.3 is 23.9 Å². The van der Waals surface area contributed by atoms with Crippen LogP contribution in [0.4, 0.5) is 0 Å². The molecule has 5 atom stereocenters. The standard InChI is InChI=1S/C35H40O11/c1-6-41-34(40)33(46-26(5)39)32(45-25(4)38)31(44-24(3)37)30(43-23(2)36)22-42-35(27-16-10-7-11-17-27,28-18-12-8-13-19-28)29-20-14-9-15-21-29/h7-21,30-34,40H,6,22H2,1-5H3/t30-,31-,32-,33+,34+/m1/s1. The summed E-state index contributed by atoms with van der Waals surface area (Å²) in [5.41, 5.74) is 0.928. The van der Waals surface area contributed by atoms with Crippen molar-refractivity contribution in [2.75, 3.05) is 13.2 Å². The van der Waals surface area contributed by atoms with Crippen LogP contribution < -0.4 is 0 Å². The van der Waals surface area contributed by atoms with E-state index in [9.17, 15) is 24.3 Å². The number of hydrogen-bond acceptors (Lipinski definition) is 11. The minimum absolute atomic E-state index is 0.00577. The molecule has 3 aromatic carbocycles. The first kappa shape index (κ1) is 35.9. The minimum Gasteiger partial charge on any atom is -0.456 e. The zero-order valence-corrected chi connectivity index (χ0v) is 26.5. The molecule has 46 heavy (non-hydrogen) atoms. The van der Waals surface area contributed by atoms with E-state index in [1.54, 1.807) is 6.92 Å². The quantitative estimate of drug-likeness (QED) is 0.105. The Kier molecular flexibility index (Phi) is 13.4. The van der Waals surface area contributed by atoms with E-state index >= 15 is 0 Å². The Morgan fingerprint density at radius 1 is 0.587 bits per heavy atom. The Morgan fingerprint density at radius 3 is 1.33 bits per heavy atom. The molecule has 3 aromatic rings. The molecule has 3 rings (SSSR count). The maximum Gasteiger partial charge on any atom is 0.303 e. The summed E-state index contributed by atoms with van der Waals surface area (Å²) in [5.74, 6) is -3.32. The van der Waals surface area contributed by atoms with E-state index in [1.165, 1.54) is 0 Å². The number of carbonyl (C=O) groups is 4. The second-order valence-corrected chi connectivity index (χ2v) is 10.3. The molecule has 0 saturated heterocycles. The van der Waals surface area contributed by atoms with Gasteiger partial charge in [0.15, 0.2) is 30.7 Å². The third kappa shape index (κ3) is 9.46. The van der Waals surface area contributed by atoms with Gasteiger partial charge in [0.2, 0.25) is 0 Å². The van der Waals surface area contributed by atoms with Gasteiger partial charge in [0.05, 0.1) is 6.61 Å². The van der Waals surface area contributed by atoms with Crippen LogP contribution in [0, 0.1) is 0 Å². The lowest BCUT2D eigenvalue weighted by atomic mass is 9.80. The first-order valence-electron chi connectivity index (χ1n) is 14.8. The van der Waals surface area contributed by atoms with Crippen molar-refractivity contribution in [2.45, 2.75) is 70.9 Å². The van der Waals surface area contributed by atoms with Gasteiger partial charge < -0.3 is 33.5 Å². The third-order valence-corrected chi connectivity index (χ3v) is 6.86. The van der Waals surface area contributed by atoms with Gasteiger partial charge in [0.25, 0.3) is 0 Å². The molecule has 0 heterocycles.